The lowest BCUT2D eigenvalue weighted by molar-refractivity contribution is 0.0527. The van der Waals surface area contributed by atoms with Crippen molar-refractivity contribution in [2.75, 3.05) is 11.4 Å². The van der Waals surface area contributed by atoms with E-state index in [0.717, 1.165) is 40.7 Å². The van der Waals surface area contributed by atoms with Crippen LogP contribution in [0.25, 0.3) is 11.1 Å². The van der Waals surface area contributed by atoms with Crippen molar-refractivity contribution < 1.29 is 9.53 Å². The number of carbonyl (C=O) groups excluding carboxylic acids is 1. The highest BCUT2D eigenvalue weighted by Gasteiger charge is 2.24. The molecular weight excluding hydrogens is 390 g/mol. The summed E-state index contributed by atoms with van der Waals surface area (Å²) in [6, 6.07) is 13.6. The number of nitrogens with two attached hydrogens (primary N) is 1. The molecule has 0 fully saturated rings. The first-order chi connectivity index (χ1) is 15.1. The van der Waals surface area contributed by atoms with Crippen LogP contribution in [0.15, 0.2) is 55.0 Å². The minimum absolute atomic E-state index is 0.328. The second-order valence-electron chi connectivity index (χ2n) is 7.50. The van der Waals surface area contributed by atoms with Crippen LogP contribution in [0.4, 0.5) is 10.6 Å². The number of aryl methyl sites for hydroxylation is 1. The zero-order valence-electron chi connectivity index (χ0n) is 17.3. The molecular formula is C24H23N5O2. The van der Waals surface area contributed by atoms with Crippen molar-refractivity contribution in [3.05, 3.63) is 77.2 Å². The molecule has 2 N–H and O–H groups in total. The van der Waals surface area contributed by atoms with Crippen LogP contribution >= 0.6 is 0 Å². The van der Waals surface area contributed by atoms with Crippen LogP contribution in [-0.2, 0) is 17.8 Å². The summed E-state index contributed by atoms with van der Waals surface area (Å²) in [5.41, 5.74) is 10.4. The van der Waals surface area contributed by atoms with Gasteiger partial charge in [-0.25, -0.2) is 9.78 Å². The van der Waals surface area contributed by atoms with E-state index < -0.39 is 6.03 Å². The van der Waals surface area contributed by atoms with Gasteiger partial charge in [-0.3, -0.25) is 9.88 Å². The van der Waals surface area contributed by atoms with E-state index in [1.807, 2.05) is 43.3 Å². The number of hydrogen-bond donors (Lipinski definition) is 1. The second kappa shape index (κ2) is 8.94. The number of fused-ring (bicyclic) bond motifs is 1. The lowest BCUT2D eigenvalue weighted by Crippen LogP contribution is -2.40. The number of pyridine rings is 2. The van der Waals surface area contributed by atoms with Gasteiger partial charge in [-0.1, -0.05) is 30.3 Å². The van der Waals surface area contributed by atoms with Gasteiger partial charge in [0.15, 0.2) is 0 Å². The maximum absolute atomic E-state index is 11.7. The molecule has 4 rings (SSSR count). The van der Waals surface area contributed by atoms with Gasteiger partial charge < -0.3 is 10.5 Å². The molecule has 31 heavy (non-hydrogen) atoms. The Morgan fingerprint density at radius 3 is 2.84 bits per heavy atom. The molecule has 0 aliphatic carbocycles. The van der Waals surface area contributed by atoms with E-state index in [9.17, 15) is 10.1 Å². The van der Waals surface area contributed by atoms with E-state index >= 15 is 0 Å². The van der Waals surface area contributed by atoms with Gasteiger partial charge in [-0.15, -0.1) is 0 Å². The molecule has 1 unspecified atom stereocenters. The molecule has 2 aromatic heterocycles. The average Bonchev–Trinajstić information content (AvgIpc) is 2.81. The summed E-state index contributed by atoms with van der Waals surface area (Å²) in [6.45, 7) is 2.93. The van der Waals surface area contributed by atoms with Crippen molar-refractivity contribution in [2.24, 2.45) is 5.73 Å². The largest absolute Gasteiger partial charge is 0.369 e. The molecule has 1 atom stereocenters. The first-order valence-corrected chi connectivity index (χ1v) is 10.2. The summed E-state index contributed by atoms with van der Waals surface area (Å²) in [5, 5.41) is 9.69. The van der Waals surface area contributed by atoms with Crippen LogP contribution in [0, 0.1) is 11.3 Å². The van der Waals surface area contributed by atoms with Gasteiger partial charge in [0.25, 0.3) is 0 Å². The summed E-state index contributed by atoms with van der Waals surface area (Å²) >= 11 is 0. The van der Waals surface area contributed by atoms with Crippen molar-refractivity contribution in [2.45, 2.75) is 32.5 Å². The average molecular weight is 413 g/mol. The Morgan fingerprint density at radius 1 is 1.29 bits per heavy atom. The van der Waals surface area contributed by atoms with Gasteiger partial charge in [0, 0.05) is 41.8 Å². The molecule has 156 valence electrons. The minimum Gasteiger partial charge on any atom is -0.369 e. The van der Waals surface area contributed by atoms with Crippen molar-refractivity contribution in [1.82, 2.24) is 9.97 Å². The number of rotatable bonds is 5. The Labute approximate surface area is 181 Å². The van der Waals surface area contributed by atoms with Crippen LogP contribution in [0.1, 0.15) is 41.7 Å². The first-order valence-electron chi connectivity index (χ1n) is 10.2. The predicted octanol–water partition coefficient (Wildman–Crippen LogP) is 4.12. The molecule has 1 aliphatic heterocycles. The molecule has 3 aromatic rings. The van der Waals surface area contributed by atoms with E-state index in [1.54, 1.807) is 18.6 Å². The molecule has 0 bridgehead atoms. The van der Waals surface area contributed by atoms with Gasteiger partial charge in [-0.05, 0) is 37.0 Å². The summed E-state index contributed by atoms with van der Waals surface area (Å²) < 4.78 is 6.11. The summed E-state index contributed by atoms with van der Waals surface area (Å²) in [7, 11) is 0. The van der Waals surface area contributed by atoms with Crippen molar-refractivity contribution in [1.29, 1.82) is 5.26 Å². The second-order valence-corrected chi connectivity index (χ2v) is 7.50. The third-order valence-corrected chi connectivity index (χ3v) is 5.46. The summed E-state index contributed by atoms with van der Waals surface area (Å²) in [4.78, 5) is 22.0. The maximum Gasteiger partial charge on any atom is 0.320 e. The fourth-order valence-electron chi connectivity index (χ4n) is 3.93. The third kappa shape index (κ3) is 4.25. The van der Waals surface area contributed by atoms with E-state index in [4.69, 9.17) is 10.5 Å². The number of amides is 2. The van der Waals surface area contributed by atoms with E-state index in [-0.39, 0.29) is 6.10 Å². The monoisotopic (exact) mass is 413 g/mol. The van der Waals surface area contributed by atoms with Gasteiger partial charge in [0.1, 0.15) is 11.9 Å². The van der Waals surface area contributed by atoms with Crippen molar-refractivity contribution in [3.8, 4) is 17.2 Å². The molecule has 2 amide bonds. The highest BCUT2D eigenvalue weighted by atomic mass is 16.5. The number of nitriles is 1. The Bertz CT molecular complexity index is 1140. The topological polar surface area (TPSA) is 105 Å². The first kappa shape index (κ1) is 20.5. The zero-order valence-corrected chi connectivity index (χ0v) is 17.3. The van der Waals surface area contributed by atoms with Gasteiger partial charge in [0.05, 0.1) is 18.3 Å². The minimum atomic E-state index is -0.502. The van der Waals surface area contributed by atoms with Crippen molar-refractivity contribution in [3.63, 3.8) is 0 Å². The number of carbonyl (C=O) groups is 1. The normalized spacial score (nSPS) is 13.9. The van der Waals surface area contributed by atoms with Crippen LogP contribution in [0.2, 0.25) is 0 Å². The quantitative estimate of drug-likeness (QED) is 0.677. The smallest absolute Gasteiger partial charge is 0.320 e. The van der Waals surface area contributed by atoms with Gasteiger partial charge >= 0.3 is 6.03 Å². The fourth-order valence-corrected chi connectivity index (χ4v) is 3.93. The molecule has 3 heterocycles. The molecule has 0 spiro atoms. The van der Waals surface area contributed by atoms with Crippen LogP contribution in [0.5, 0.6) is 0 Å². The zero-order chi connectivity index (χ0) is 21.8. The summed E-state index contributed by atoms with van der Waals surface area (Å²) in [5.74, 6) is 0.599. The molecule has 1 aliphatic rings. The van der Waals surface area contributed by atoms with Crippen LogP contribution < -0.4 is 10.6 Å². The SMILES string of the molecule is CC(OCc1ccccc1)c1c(C#N)cncc1-c1cnc2c(c1)CCCN2C(N)=O. The van der Waals surface area contributed by atoms with E-state index in [0.29, 0.717) is 24.5 Å². The van der Waals surface area contributed by atoms with Crippen molar-refractivity contribution >= 4 is 11.8 Å². The van der Waals surface area contributed by atoms with Gasteiger partial charge in [-0.2, -0.15) is 5.26 Å². The lowest BCUT2D eigenvalue weighted by atomic mass is 9.94. The van der Waals surface area contributed by atoms with Gasteiger partial charge in [0.2, 0.25) is 0 Å². The highest BCUT2D eigenvalue weighted by molar-refractivity contribution is 5.91. The Kier molecular flexibility index (Phi) is 5.92. The number of hydrogen-bond acceptors (Lipinski definition) is 5. The van der Waals surface area contributed by atoms with E-state index in [2.05, 4.69) is 16.0 Å². The van der Waals surface area contributed by atoms with Crippen LogP contribution in [0.3, 0.4) is 0 Å². The molecule has 7 nitrogen and oxygen atoms in total. The fraction of sp³-hybridized carbons (Fsp3) is 0.250. The molecule has 1 aromatic carbocycles. The number of benzene rings is 1. The number of nitrogens with zero attached hydrogens (tertiary/aromatic N) is 4. The Morgan fingerprint density at radius 2 is 2.10 bits per heavy atom. The number of ether oxygens (including phenoxy) is 1. The number of aromatic nitrogens is 2. The number of primary amides is 1. The highest BCUT2D eigenvalue weighted by Crippen LogP contribution is 2.35. The van der Waals surface area contributed by atoms with Crippen LogP contribution in [-0.4, -0.2) is 22.5 Å². The van der Waals surface area contributed by atoms with E-state index in [1.165, 1.54) is 4.90 Å². The number of anilines is 1. The standard InChI is InChI=1S/C24H23N5O2/c1-16(31-15-17-6-3-2-4-7-17)22-20(11-25)12-27-14-21(22)19-10-18-8-5-9-29(24(26)30)23(18)28-13-19/h2-4,6-7,10,12-14,16H,5,8-9,15H2,1H3,(H2,26,30). The molecule has 0 radical (unpaired) electrons. The lowest BCUT2D eigenvalue weighted by Gasteiger charge is -2.27. The predicted molar refractivity (Wildman–Crippen MR) is 117 cm³/mol. The Hall–Kier alpha value is -3.76. The summed E-state index contributed by atoms with van der Waals surface area (Å²) in [6.07, 6.45) is 6.29. The number of urea groups is 1. The Balaban J connectivity index is 1.69. The third-order valence-electron chi connectivity index (χ3n) is 5.46. The molecule has 0 saturated carbocycles. The molecule has 0 saturated heterocycles. The maximum atomic E-state index is 11.7. The molecule has 7 heteroatoms.